The Morgan fingerprint density at radius 3 is 2.81 bits per heavy atom. The lowest BCUT2D eigenvalue weighted by Crippen LogP contribution is -2.35. The van der Waals surface area contributed by atoms with Crippen molar-refractivity contribution in [3.05, 3.63) is 28.5 Å². The summed E-state index contributed by atoms with van der Waals surface area (Å²) in [6.45, 7) is 6.39. The highest BCUT2D eigenvalue weighted by Gasteiger charge is 2.17. The van der Waals surface area contributed by atoms with Crippen molar-refractivity contribution in [1.82, 2.24) is 14.5 Å². The van der Waals surface area contributed by atoms with Crippen LogP contribution in [-0.2, 0) is 6.54 Å². The fourth-order valence-electron chi connectivity index (χ4n) is 2.73. The predicted molar refractivity (Wildman–Crippen MR) is 95.5 cm³/mol. The van der Waals surface area contributed by atoms with Crippen molar-refractivity contribution < 1.29 is 0 Å². The zero-order chi connectivity index (χ0) is 14.8. The number of halogens is 2. The smallest absolute Gasteiger partial charge is 0.127 e. The molecule has 1 unspecified atom stereocenters. The van der Waals surface area contributed by atoms with Crippen LogP contribution in [0, 0.1) is 0 Å². The molecule has 114 valence electrons. The molecule has 1 aromatic carbocycles. The molecule has 6 heteroatoms. The third kappa shape index (κ3) is 3.58. The molecule has 0 saturated carbocycles. The number of nitrogens with zero attached hydrogens (tertiary/aromatic N) is 3. The van der Waals surface area contributed by atoms with E-state index in [9.17, 15) is 0 Å². The predicted octanol–water partition coefficient (Wildman–Crippen LogP) is 4.15. The fraction of sp³-hybridized carbons (Fsp3) is 0.533. The largest absolute Gasteiger partial charge is 0.325 e. The number of aromatic nitrogens is 2. The number of fused-ring (bicyclic) bond motifs is 1. The molecule has 1 aliphatic heterocycles. The van der Waals surface area contributed by atoms with E-state index < -0.39 is 0 Å². The number of benzene rings is 1. The normalized spacial score (nSPS) is 18.2. The number of hydrogen-bond acceptors (Lipinski definition) is 3. The van der Waals surface area contributed by atoms with Crippen molar-refractivity contribution in [2.75, 3.05) is 31.1 Å². The van der Waals surface area contributed by atoms with Crippen LogP contribution in [0.3, 0.4) is 0 Å². The molecule has 3 nitrogen and oxygen atoms in total. The monoisotopic (exact) mass is 387 g/mol. The van der Waals surface area contributed by atoms with Crippen LogP contribution in [0.25, 0.3) is 11.0 Å². The Morgan fingerprint density at radius 2 is 2.10 bits per heavy atom. The van der Waals surface area contributed by atoms with Gasteiger partial charge in [0.15, 0.2) is 0 Å². The average molecular weight is 389 g/mol. The molecule has 1 aromatic heterocycles. The van der Waals surface area contributed by atoms with E-state index in [2.05, 4.69) is 43.6 Å². The Hall–Kier alpha value is -0.230. The van der Waals surface area contributed by atoms with Crippen LogP contribution in [0.5, 0.6) is 0 Å². The molecule has 1 atom stereocenters. The Bertz CT molecular complexity index is 623. The van der Waals surface area contributed by atoms with Crippen LogP contribution in [0.2, 0.25) is 0 Å². The van der Waals surface area contributed by atoms with E-state index >= 15 is 0 Å². The van der Waals surface area contributed by atoms with E-state index in [1.54, 1.807) is 0 Å². The van der Waals surface area contributed by atoms with Gasteiger partial charge in [0.2, 0.25) is 0 Å². The minimum Gasteiger partial charge on any atom is -0.325 e. The highest BCUT2D eigenvalue weighted by Crippen LogP contribution is 2.26. The molecule has 0 spiro atoms. The summed E-state index contributed by atoms with van der Waals surface area (Å²) in [5.41, 5.74) is 2.19. The molecule has 0 amide bonds. The van der Waals surface area contributed by atoms with Crippen molar-refractivity contribution >= 4 is 50.3 Å². The van der Waals surface area contributed by atoms with E-state index in [0.717, 1.165) is 28.9 Å². The van der Waals surface area contributed by atoms with Gasteiger partial charge >= 0.3 is 0 Å². The summed E-state index contributed by atoms with van der Waals surface area (Å²) < 4.78 is 3.34. The highest BCUT2D eigenvalue weighted by molar-refractivity contribution is 9.10. The second-order valence-electron chi connectivity index (χ2n) is 5.32. The standard InChI is InChI=1S/C15H19BrClN3S/c1-11(17)15-18-13-10-12(16)2-3-14(13)20(15)5-4-19-6-8-21-9-7-19/h2-3,10-11H,4-9H2,1H3. The molecular formula is C15H19BrClN3S. The Kier molecular flexibility index (Phi) is 5.15. The maximum absolute atomic E-state index is 6.33. The van der Waals surface area contributed by atoms with Crippen molar-refractivity contribution in [2.24, 2.45) is 0 Å². The summed E-state index contributed by atoms with van der Waals surface area (Å²) >= 11 is 11.9. The van der Waals surface area contributed by atoms with Crippen LogP contribution >= 0.6 is 39.3 Å². The molecular weight excluding hydrogens is 370 g/mol. The summed E-state index contributed by atoms with van der Waals surface area (Å²) in [5, 5.41) is -0.0758. The van der Waals surface area contributed by atoms with Gasteiger partial charge < -0.3 is 4.57 Å². The number of rotatable bonds is 4. The van der Waals surface area contributed by atoms with Gasteiger partial charge in [0.25, 0.3) is 0 Å². The van der Waals surface area contributed by atoms with Gasteiger partial charge in [-0.2, -0.15) is 11.8 Å². The highest BCUT2D eigenvalue weighted by atomic mass is 79.9. The lowest BCUT2D eigenvalue weighted by Gasteiger charge is -2.26. The van der Waals surface area contributed by atoms with Crippen LogP contribution < -0.4 is 0 Å². The van der Waals surface area contributed by atoms with Crippen LogP contribution in [0.1, 0.15) is 18.1 Å². The molecule has 1 aliphatic rings. The summed E-state index contributed by atoms with van der Waals surface area (Å²) in [5.74, 6) is 3.46. The van der Waals surface area contributed by atoms with E-state index in [4.69, 9.17) is 16.6 Å². The Labute approximate surface area is 143 Å². The second-order valence-corrected chi connectivity index (χ2v) is 8.12. The lowest BCUT2D eigenvalue weighted by atomic mass is 10.3. The molecule has 3 rings (SSSR count). The third-order valence-corrected chi connectivity index (χ3v) is 5.47. The molecule has 0 radical (unpaired) electrons. The van der Waals surface area contributed by atoms with Crippen LogP contribution in [-0.4, -0.2) is 45.6 Å². The topological polar surface area (TPSA) is 21.1 Å². The van der Waals surface area contributed by atoms with Gasteiger partial charge in [0.05, 0.1) is 16.4 Å². The van der Waals surface area contributed by atoms with Crippen molar-refractivity contribution in [3.63, 3.8) is 0 Å². The van der Waals surface area contributed by atoms with Gasteiger partial charge in [-0.3, -0.25) is 4.90 Å². The number of hydrogen-bond donors (Lipinski definition) is 0. The van der Waals surface area contributed by atoms with E-state index in [0.29, 0.717) is 0 Å². The van der Waals surface area contributed by atoms with Gasteiger partial charge in [0.1, 0.15) is 5.82 Å². The first-order valence-electron chi connectivity index (χ1n) is 7.25. The second kappa shape index (κ2) is 6.90. The van der Waals surface area contributed by atoms with Crippen molar-refractivity contribution in [1.29, 1.82) is 0 Å². The minimum absolute atomic E-state index is 0.0758. The van der Waals surface area contributed by atoms with Crippen molar-refractivity contribution in [3.8, 4) is 0 Å². The first-order chi connectivity index (χ1) is 10.1. The molecule has 2 heterocycles. The number of alkyl halides is 1. The summed E-state index contributed by atoms with van der Waals surface area (Å²) in [7, 11) is 0. The minimum atomic E-state index is -0.0758. The van der Waals surface area contributed by atoms with Gasteiger partial charge in [-0.1, -0.05) is 15.9 Å². The molecule has 1 saturated heterocycles. The Morgan fingerprint density at radius 1 is 1.33 bits per heavy atom. The fourth-order valence-corrected chi connectivity index (χ4v) is 4.22. The van der Waals surface area contributed by atoms with Crippen LogP contribution in [0.4, 0.5) is 0 Å². The van der Waals surface area contributed by atoms with Crippen LogP contribution in [0.15, 0.2) is 22.7 Å². The zero-order valence-corrected chi connectivity index (χ0v) is 15.2. The summed E-state index contributed by atoms with van der Waals surface area (Å²) in [4.78, 5) is 7.25. The molecule has 1 fully saturated rings. The zero-order valence-electron chi connectivity index (χ0n) is 12.1. The first-order valence-corrected chi connectivity index (χ1v) is 9.63. The summed E-state index contributed by atoms with van der Waals surface area (Å²) in [6, 6.07) is 6.26. The third-order valence-electron chi connectivity index (χ3n) is 3.84. The molecule has 0 bridgehead atoms. The SMILES string of the molecule is CC(Cl)c1nc2cc(Br)ccc2n1CCN1CCSCC1. The number of thioether (sulfide) groups is 1. The Balaban J connectivity index is 1.86. The maximum atomic E-state index is 6.33. The molecule has 21 heavy (non-hydrogen) atoms. The van der Waals surface area contributed by atoms with Gasteiger partial charge in [-0.25, -0.2) is 4.98 Å². The van der Waals surface area contributed by atoms with Gasteiger partial charge in [-0.05, 0) is 25.1 Å². The van der Waals surface area contributed by atoms with Crippen molar-refractivity contribution in [2.45, 2.75) is 18.8 Å². The number of imidazole rings is 1. The molecule has 0 aliphatic carbocycles. The average Bonchev–Trinajstić information content (AvgIpc) is 2.84. The van der Waals surface area contributed by atoms with Gasteiger partial charge in [-0.15, -0.1) is 11.6 Å². The summed E-state index contributed by atoms with van der Waals surface area (Å²) in [6.07, 6.45) is 0. The van der Waals surface area contributed by atoms with E-state index in [1.807, 2.05) is 18.7 Å². The maximum Gasteiger partial charge on any atom is 0.127 e. The first kappa shape index (κ1) is 15.7. The van der Waals surface area contributed by atoms with E-state index in [1.165, 1.54) is 30.1 Å². The lowest BCUT2D eigenvalue weighted by molar-refractivity contribution is 0.289. The van der Waals surface area contributed by atoms with Gasteiger partial charge in [0, 0.05) is 42.2 Å². The molecule has 2 aromatic rings. The van der Waals surface area contributed by atoms with E-state index in [-0.39, 0.29) is 5.38 Å². The quantitative estimate of drug-likeness (QED) is 0.734. The molecule has 0 N–H and O–H groups in total.